The van der Waals surface area contributed by atoms with Crippen LogP contribution in [0.3, 0.4) is 0 Å². The Morgan fingerprint density at radius 2 is 2.00 bits per heavy atom. The van der Waals surface area contributed by atoms with Crippen LogP contribution >= 0.6 is 0 Å². The summed E-state index contributed by atoms with van der Waals surface area (Å²) < 4.78 is 5.01. The molecule has 0 aliphatic rings. The number of aliphatic hydroxyl groups excluding tert-OH is 2. The standard InChI is InChI=1S/C8H14O3/c1-7(10)3-4-8(2)11-6-5-9/h7-10H,5-6H2,1-2H3. The second-order valence-corrected chi connectivity index (χ2v) is 2.20. The van der Waals surface area contributed by atoms with Crippen molar-refractivity contribution in [3.05, 3.63) is 0 Å². The summed E-state index contributed by atoms with van der Waals surface area (Å²) in [7, 11) is 0. The van der Waals surface area contributed by atoms with E-state index in [1.54, 1.807) is 13.8 Å². The summed E-state index contributed by atoms with van der Waals surface area (Å²) in [5.74, 6) is 5.24. The van der Waals surface area contributed by atoms with Gasteiger partial charge in [0.1, 0.15) is 12.2 Å². The molecule has 0 heterocycles. The second-order valence-electron chi connectivity index (χ2n) is 2.20. The van der Waals surface area contributed by atoms with Gasteiger partial charge in [-0.2, -0.15) is 0 Å². The molecule has 0 radical (unpaired) electrons. The fourth-order valence-corrected chi connectivity index (χ4v) is 0.509. The average Bonchev–Trinajstić information content (AvgIpc) is 1.97. The van der Waals surface area contributed by atoms with E-state index in [9.17, 15) is 0 Å². The quantitative estimate of drug-likeness (QED) is 0.558. The SMILES string of the molecule is CC(O)C#CC(C)OCCO. The number of hydrogen-bond acceptors (Lipinski definition) is 3. The van der Waals surface area contributed by atoms with Crippen molar-refractivity contribution >= 4 is 0 Å². The molecule has 0 aromatic carbocycles. The van der Waals surface area contributed by atoms with E-state index >= 15 is 0 Å². The fourth-order valence-electron chi connectivity index (χ4n) is 0.509. The van der Waals surface area contributed by atoms with Gasteiger partial charge in [0.05, 0.1) is 13.2 Å². The van der Waals surface area contributed by atoms with Gasteiger partial charge in [-0.15, -0.1) is 0 Å². The third-order valence-electron chi connectivity index (χ3n) is 0.955. The predicted octanol–water partition coefficient (Wildman–Crippen LogP) is -0.232. The van der Waals surface area contributed by atoms with E-state index in [4.69, 9.17) is 14.9 Å². The van der Waals surface area contributed by atoms with Gasteiger partial charge >= 0.3 is 0 Å². The average molecular weight is 158 g/mol. The summed E-state index contributed by atoms with van der Waals surface area (Å²) in [5, 5.41) is 17.1. The molecule has 0 saturated carbocycles. The van der Waals surface area contributed by atoms with Crippen LogP contribution in [0.25, 0.3) is 0 Å². The van der Waals surface area contributed by atoms with E-state index in [1.165, 1.54) is 0 Å². The van der Waals surface area contributed by atoms with Crippen LogP contribution in [0.2, 0.25) is 0 Å². The van der Waals surface area contributed by atoms with Crippen LogP contribution in [-0.2, 0) is 4.74 Å². The van der Waals surface area contributed by atoms with Gasteiger partial charge in [-0.1, -0.05) is 11.8 Å². The van der Waals surface area contributed by atoms with E-state index < -0.39 is 6.10 Å². The van der Waals surface area contributed by atoms with Crippen molar-refractivity contribution in [2.45, 2.75) is 26.1 Å². The third-order valence-corrected chi connectivity index (χ3v) is 0.955. The zero-order valence-electron chi connectivity index (χ0n) is 6.87. The van der Waals surface area contributed by atoms with Crippen molar-refractivity contribution in [3.63, 3.8) is 0 Å². The minimum absolute atomic E-state index is 0.000693. The smallest absolute Gasteiger partial charge is 0.115 e. The van der Waals surface area contributed by atoms with Crippen molar-refractivity contribution in [2.75, 3.05) is 13.2 Å². The summed E-state index contributed by atoms with van der Waals surface area (Å²) in [6.07, 6.45) is -0.841. The molecule has 11 heavy (non-hydrogen) atoms. The van der Waals surface area contributed by atoms with Crippen molar-refractivity contribution in [3.8, 4) is 11.8 Å². The Bertz CT molecular complexity index is 143. The van der Waals surface area contributed by atoms with Crippen LogP contribution in [0.15, 0.2) is 0 Å². The van der Waals surface area contributed by atoms with Gasteiger partial charge in [-0.3, -0.25) is 0 Å². The minimum atomic E-state index is -0.616. The summed E-state index contributed by atoms with van der Waals surface area (Å²) in [6.45, 7) is 3.65. The van der Waals surface area contributed by atoms with E-state index in [0.717, 1.165) is 0 Å². The first-order valence-corrected chi connectivity index (χ1v) is 3.58. The first kappa shape index (κ1) is 10.4. The molecule has 3 nitrogen and oxygen atoms in total. The summed E-state index contributed by atoms with van der Waals surface area (Å²) in [4.78, 5) is 0. The Morgan fingerprint density at radius 3 is 2.45 bits per heavy atom. The molecule has 0 aromatic rings. The maximum Gasteiger partial charge on any atom is 0.115 e. The molecule has 0 fully saturated rings. The maximum atomic E-state index is 8.75. The Morgan fingerprint density at radius 1 is 1.36 bits per heavy atom. The van der Waals surface area contributed by atoms with Crippen LogP contribution < -0.4 is 0 Å². The maximum absolute atomic E-state index is 8.75. The summed E-state index contributed by atoms with van der Waals surface area (Å²) in [5.41, 5.74) is 0. The Kier molecular flexibility index (Phi) is 5.86. The molecule has 0 amide bonds. The van der Waals surface area contributed by atoms with Gasteiger partial charge in [0, 0.05) is 0 Å². The molecule has 0 rings (SSSR count). The zero-order chi connectivity index (χ0) is 8.69. The Hall–Kier alpha value is -0.560. The highest BCUT2D eigenvalue weighted by molar-refractivity contribution is 5.07. The third kappa shape index (κ3) is 7.34. The van der Waals surface area contributed by atoms with Crippen molar-refractivity contribution in [2.24, 2.45) is 0 Å². The van der Waals surface area contributed by atoms with Gasteiger partial charge < -0.3 is 14.9 Å². The molecule has 2 N–H and O–H groups in total. The zero-order valence-corrected chi connectivity index (χ0v) is 6.87. The fraction of sp³-hybridized carbons (Fsp3) is 0.750. The second kappa shape index (κ2) is 6.17. The Labute approximate surface area is 67.0 Å². The van der Waals surface area contributed by atoms with Gasteiger partial charge in [0.25, 0.3) is 0 Å². The molecular formula is C8H14O3. The van der Waals surface area contributed by atoms with Gasteiger partial charge in [-0.05, 0) is 13.8 Å². The van der Waals surface area contributed by atoms with Gasteiger partial charge in [0.15, 0.2) is 0 Å². The first-order chi connectivity index (χ1) is 5.16. The van der Waals surface area contributed by atoms with Crippen molar-refractivity contribution < 1.29 is 14.9 Å². The van der Waals surface area contributed by atoms with Crippen LogP contribution in [0, 0.1) is 11.8 Å². The van der Waals surface area contributed by atoms with Crippen LogP contribution in [0.1, 0.15) is 13.8 Å². The largest absolute Gasteiger partial charge is 0.394 e. The van der Waals surface area contributed by atoms with Gasteiger partial charge in [-0.25, -0.2) is 0 Å². The molecule has 0 saturated heterocycles. The lowest BCUT2D eigenvalue weighted by atomic mass is 10.3. The lowest BCUT2D eigenvalue weighted by Crippen LogP contribution is -2.09. The van der Waals surface area contributed by atoms with Crippen LogP contribution in [0.4, 0.5) is 0 Å². The monoisotopic (exact) mass is 158 g/mol. The number of hydrogen-bond donors (Lipinski definition) is 2. The first-order valence-electron chi connectivity index (χ1n) is 3.58. The highest BCUT2D eigenvalue weighted by Gasteiger charge is 1.94. The van der Waals surface area contributed by atoms with E-state index in [1.807, 2.05) is 0 Å². The highest BCUT2D eigenvalue weighted by Crippen LogP contribution is 1.87. The number of aliphatic hydroxyl groups is 2. The molecule has 0 aliphatic carbocycles. The van der Waals surface area contributed by atoms with Crippen LogP contribution in [0.5, 0.6) is 0 Å². The van der Waals surface area contributed by atoms with Crippen molar-refractivity contribution in [1.82, 2.24) is 0 Å². The van der Waals surface area contributed by atoms with Gasteiger partial charge in [0.2, 0.25) is 0 Å². The summed E-state index contributed by atoms with van der Waals surface area (Å²) in [6, 6.07) is 0. The molecule has 0 spiro atoms. The number of rotatable bonds is 3. The van der Waals surface area contributed by atoms with E-state index in [2.05, 4.69) is 11.8 Å². The molecule has 0 aliphatic heterocycles. The molecular weight excluding hydrogens is 144 g/mol. The van der Waals surface area contributed by atoms with Crippen molar-refractivity contribution in [1.29, 1.82) is 0 Å². The topological polar surface area (TPSA) is 49.7 Å². The summed E-state index contributed by atoms with van der Waals surface area (Å²) >= 11 is 0. The predicted molar refractivity (Wildman–Crippen MR) is 42.0 cm³/mol. The van der Waals surface area contributed by atoms with Crippen LogP contribution in [-0.4, -0.2) is 35.6 Å². The lowest BCUT2D eigenvalue weighted by molar-refractivity contribution is 0.0685. The minimum Gasteiger partial charge on any atom is -0.394 e. The highest BCUT2D eigenvalue weighted by atomic mass is 16.5. The molecule has 0 bridgehead atoms. The molecule has 64 valence electrons. The molecule has 0 aromatic heterocycles. The normalized spacial score (nSPS) is 14.9. The van der Waals surface area contributed by atoms with E-state index in [0.29, 0.717) is 0 Å². The molecule has 2 atom stereocenters. The van der Waals surface area contributed by atoms with E-state index in [-0.39, 0.29) is 19.3 Å². The molecule has 2 unspecified atom stereocenters. The Balaban J connectivity index is 3.53. The lowest BCUT2D eigenvalue weighted by Gasteiger charge is -2.03. The molecule has 3 heteroatoms. The number of ether oxygens (including phenoxy) is 1.